The average Bonchev–Trinajstić information content (AvgIpc) is 2.90. The Kier molecular flexibility index (Phi) is 3.16. The molecule has 98 valence electrons. The number of rotatable bonds is 3. The van der Waals surface area contributed by atoms with Gasteiger partial charge in [-0.25, -0.2) is 0 Å². The zero-order valence-electron chi connectivity index (χ0n) is 11.6. The monoisotopic (exact) mass is 245 g/mol. The first-order chi connectivity index (χ1) is 8.67. The highest BCUT2D eigenvalue weighted by molar-refractivity contribution is 5.31. The van der Waals surface area contributed by atoms with Crippen molar-refractivity contribution in [2.24, 2.45) is 5.92 Å². The second-order valence-electron chi connectivity index (χ2n) is 5.96. The van der Waals surface area contributed by atoms with Gasteiger partial charge in [-0.3, -0.25) is 0 Å². The normalized spacial score (nSPS) is 31.8. The third kappa shape index (κ3) is 2.08. The Morgan fingerprint density at radius 2 is 1.89 bits per heavy atom. The van der Waals surface area contributed by atoms with Crippen LogP contribution in [0.4, 0.5) is 0 Å². The van der Waals surface area contributed by atoms with Gasteiger partial charge >= 0.3 is 0 Å². The molecule has 1 aromatic rings. The topological polar surface area (TPSA) is 21.3 Å². The van der Waals surface area contributed by atoms with Crippen LogP contribution in [0.3, 0.4) is 0 Å². The largest absolute Gasteiger partial charge is 0.375 e. The zero-order chi connectivity index (χ0) is 12.7. The number of nitrogens with one attached hydrogen (secondary N) is 1. The number of aryl methyl sites for hydroxylation is 2. The smallest absolute Gasteiger partial charge is 0.0627 e. The third-order valence-electron chi connectivity index (χ3n) is 4.50. The number of hydrogen-bond acceptors (Lipinski definition) is 2. The summed E-state index contributed by atoms with van der Waals surface area (Å²) in [6.07, 6.45) is 4.75. The van der Waals surface area contributed by atoms with Gasteiger partial charge in [0, 0.05) is 12.0 Å². The lowest BCUT2D eigenvalue weighted by Crippen LogP contribution is -2.31. The van der Waals surface area contributed by atoms with Crippen LogP contribution in [0, 0.1) is 19.8 Å². The molecule has 0 amide bonds. The van der Waals surface area contributed by atoms with E-state index in [1.54, 1.807) is 0 Å². The Hall–Kier alpha value is -0.860. The maximum Gasteiger partial charge on any atom is 0.0627 e. The Morgan fingerprint density at radius 3 is 2.39 bits per heavy atom. The van der Waals surface area contributed by atoms with Crippen molar-refractivity contribution in [1.29, 1.82) is 0 Å². The Balaban J connectivity index is 1.87. The summed E-state index contributed by atoms with van der Waals surface area (Å²) < 4.78 is 6.01. The molecule has 2 saturated heterocycles. The van der Waals surface area contributed by atoms with E-state index in [1.807, 2.05) is 0 Å². The molecule has 2 bridgehead atoms. The van der Waals surface area contributed by atoms with Gasteiger partial charge in [0.2, 0.25) is 0 Å². The summed E-state index contributed by atoms with van der Waals surface area (Å²) in [6, 6.07) is 7.33. The highest BCUT2D eigenvalue weighted by Gasteiger charge is 2.44. The molecule has 4 atom stereocenters. The minimum atomic E-state index is 0.443. The van der Waals surface area contributed by atoms with Gasteiger partial charge in [-0.1, -0.05) is 29.3 Å². The van der Waals surface area contributed by atoms with Crippen molar-refractivity contribution in [3.05, 3.63) is 34.9 Å². The van der Waals surface area contributed by atoms with Crippen molar-refractivity contribution < 1.29 is 4.74 Å². The SMILES string of the molecule is CNC(c1cc(C)cc(C)c1)C1CC2CCC1O2. The van der Waals surface area contributed by atoms with Gasteiger partial charge in [0.1, 0.15) is 0 Å². The molecule has 0 aromatic heterocycles. The first-order valence-electron chi connectivity index (χ1n) is 7.08. The van der Waals surface area contributed by atoms with Gasteiger partial charge in [0.25, 0.3) is 0 Å². The van der Waals surface area contributed by atoms with Crippen molar-refractivity contribution >= 4 is 0 Å². The van der Waals surface area contributed by atoms with E-state index in [0.717, 1.165) is 0 Å². The van der Waals surface area contributed by atoms with Crippen molar-refractivity contribution in [2.75, 3.05) is 7.05 Å². The molecular formula is C16H23NO. The van der Waals surface area contributed by atoms with Crippen molar-refractivity contribution in [3.63, 3.8) is 0 Å². The van der Waals surface area contributed by atoms with Crippen LogP contribution >= 0.6 is 0 Å². The molecule has 0 radical (unpaired) electrons. The van der Waals surface area contributed by atoms with Crippen LogP contribution in [-0.2, 0) is 4.74 Å². The predicted molar refractivity (Wildman–Crippen MR) is 73.7 cm³/mol. The molecule has 0 saturated carbocycles. The van der Waals surface area contributed by atoms with Gasteiger partial charge in [-0.15, -0.1) is 0 Å². The van der Waals surface area contributed by atoms with E-state index in [1.165, 1.54) is 36.0 Å². The molecule has 3 rings (SSSR count). The molecular weight excluding hydrogens is 222 g/mol. The van der Waals surface area contributed by atoms with Crippen LogP contribution in [0.25, 0.3) is 0 Å². The summed E-state index contributed by atoms with van der Waals surface area (Å²) in [5.74, 6) is 0.648. The Labute approximate surface area is 110 Å². The first-order valence-corrected chi connectivity index (χ1v) is 7.08. The number of ether oxygens (including phenoxy) is 1. The van der Waals surface area contributed by atoms with Gasteiger partial charge < -0.3 is 10.1 Å². The van der Waals surface area contributed by atoms with E-state index < -0.39 is 0 Å². The lowest BCUT2D eigenvalue weighted by atomic mass is 9.80. The predicted octanol–water partition coefficient (Wildman–Crippen LogP) is 3.13. The molecule has 2 heteroatoms. The number of fused-ring (bicyclic) bond motifs is 2. The van der Waals surface area contributed by atoms with Gasteiger partial charge in [-0.05, 0) is 45.7 Å². The maximum atomic E-state index is 6.01. The van der Waals surface area contributed by atoms with E-state index in [9.17, 15) is 0 Å². The molecule has 4 unspecified atom stereocenters. The molecule has 2 nitrogen and oxygen atoms in total. The zero-order valence-corrected chi connectivity index (χ0v) is 11.6. The summed E-state index contributed by atoms with van der Waals surface area (Å²) in [5.41, 5.74) is 4.14. The molecule has 2 heterocycles. The van der Waals surface area contributed by atoms with Crippen LogP contribution < -0.4 is 5.32 Å². The molecule has 0 aliphatic carbocycles. The van der Waals surface area contributed by atoms with E-state index in [-0.39, 0.29) is 0 Å². The first kappa shape index (κ1) is 12.2. The number of benzene rings is 1. The van der Waals surface area contributed by atoms with E-state index >= 15 is 0 Å². The van der Waals surface area contributed by atoms with Crippen molar-refractivity contribution in [2.45, 2.75) is 51.4 Å². The van der Waals surface area contributed by atoms with Gasteiger partial charge in [-0.2, -0.15) is 0 Å². The molecule has 2 fully saturated rings. The maximum absolute atomic E-state index is 6.01. The van der Waals surface area contributed by atoms with Crippen LogP contribution in [0.2, 0.25) is 0 Å². The standard InChI is InChI=1S/C16H23NO/c1-10-6-11(2)8-12(7-10)16(17-3)14-9-13-4-5-15(14)18-13/h6-8,13-17H,4-5,9H2,1-3H3. The molecule has 2 aliphatic rings. The molecule has 1 N–H and O–H groups in total. The molecule has 18 heavy (non-hydrogen) atoms. The van der Waals surface area contributed by atoms with Crippen molar-refractivity contribution in [1.82, 2.24) is 5.32 Å². The Bertz CT molecular complexity index is 422. The summed E-state index contributed by atoms with van der Waals surface area (Å²) in [6.45, 7) is 4.36. The summed E-state index contributed by atoms with van der Waals surface area (Å²) in [5, 5.41) is 3.52. The van der Waals surface area contributed by atoms with Crippen LogP contribution in [0.1, 0.15) is 42.0 Å². The van der Waals surface area contributed by atoms with Gasteiger partial charge in [0.05, 0.1) is 12.2 Å². The third-order valence-corrected chi connectivity index (χ3v) is 4.50. The van der Waals surface area contributed by atoms with E-state index in [2.05, 4.69) is 44.4 Å². The van der Waals surface area contributed by atoms with E-state index in [4.69, 9.17) is 4.74 Å². The minimum Gasteiger partial charge on any atom is -0.375 e. The average molecular weight is 245 g/mol. The highest BCUT2D eigenvalue weighted by Crippen LogP contribution is 2.44. The summed E-state index contributed by atoms with van der Waals surface area (Å²) in [4.78, 5) is 0. The number of hydrogen-bond donors (Lipinski definition) is 1. The van der Waals surface area contributed by atoms with Crippen molar-refractivity contribution in [3.8, 4) is 0 Å². The second-order valence-corrected chi connectivity index (χ2v) is 5.96. The fourth-order valence-electron chi connectivity index (χ4n) is 3.85. The summed E-state index contributed by atoms with van der Waals surface area (Å²) >= 11 is 0. The molecule has 0 spiro atoms. The van der Waals surface area contributed by atoms with Crippen LogP contribution in [-0.4, -0.2) is 19.3 Å². The quantitative estimate of drug-likeness (QED) is 0.883. The molecule has 2 aliphatic heterocycles. The van der Waals surface area contributed by atoms with Crippen LogP contribution in [0.15, 0.2) is 18.2 Å². The summed E-state index contributed by atoms with van der Waals surface area (Å²) in [7, 11) is 2.08. The van der Waals surface area contributed by atoms with E-state index in [0.29, 0.717) is 24.2 Å². The minimum absolute atomic E-state index is 0.443. The van der Waals surface area contributed by atoms with Gasteiger partial charge in [0.15, 0.2) is 0 Å². The Morgan fingerprint density at radius 1 is 1.17 bits per heavy atom. The second kappa shape index (κ2) is 4.67. The fourth-order valence-corrected chi connectivity index (χ4v) is 3.85. The highest BCUT2D eigenvalue weighted by atomic mass is 16.5. The lowest BCUT2D eigenvalue weighted by molar-refractivity contribution is 0.0863. The molecule has 1 aromatic carbocycles. The lowest BCUT2D eigenvalue weighted by Gasteiger charge is -2.29. The fraction of sp³-hybridized carbons (Fsp3) is 0.625. The van der Waals surface area contributed by atoms with Crippen LogP contribution in [0.5, 0.6) is 0 Å².